The summed E-state index contributed by atoms with van der Waals surface area (Å²) >= 11 is 0. The first kappa shape index (κ1) is 27.6. The smallest absolute Gasteiger partial charge is 0.321 e. The highest BCUT2D eigenvalue weighted by Crippen LogP contribution is 2.34. The van der Waals surface area contributed by atoms with Crippen molar-refractivity contribution in [2.24, 2.45) is 5.92 Å². The van der Waals surface area contributed by atoms with Crippen molar-refractivity contribution in [1.82, 2.24) is 9.21 Å². The highest BCUT2D eigenvalue weighted by molar-refractivity contribution is 7.89. The Labute approximate surface area is 210 Å². The summed E-state index contributed by atoms with van der Waals surface area (Å²) in [5, 5.41) is 12.1. The first-order chi connectivity index (χ1) is 17.0. The number of fused-ring (bicyclic) bond motifs is 1. The molecule has 3 atom stereocenters. The number of aliphatic hydroxyl groups is 1. The van der Waals surface area contributed by atoms with E-state index >= 15 is 0 Å². The molecule has 0 radical (unpaired) electrons. The number of nitrogens with one attached hydrogen (secondary N) is 1. The van der Waals surface area contributed by atoms with Crippen LogP contribution >= 0.6 is 0 Å². The summed E-state index contributed by atoms with van der Waals surface area (Å²) in [4.78, 5) is 14.0. The molecule has 1 aliphatic heterocycles. The number of aliphatic hydroxyl groups excluding tert-OH is 1. The molecular formula is C25H31F2N3O5S. The number of hydrogen-bond donors (Lipinski definition) is 2. The first-order valence-electron chi connectivity index (χ1n) is 11.5. The van der Waals surface area contributed by atoms with Crippen LogP contribution < -0.4 is 10.1 Å². The van der Waals surface area contributed by atoms with Gasteiger partial charge in [0.1, 0.15) is 28.4 Å². The van der Waals surface area contributed by atoms with Crippen molar-refractivity contribution >= 4 is 27.8 Å². The van der Waals surface area contributed by atoms with E-state index in [9.17, 15) is 27.1 Å². The molecule has 11 heteroatoms. The number of anilines is 1. The number of ether oxygens (including phenoxy) is 1. The summed E-state index contributed by atoms with van der Waals surface area (Å²) < 4.78 is 61.9. The van der Waals surface area contributed by atoms with Crippen LogP contribution in [0.4, 0.5) is 19.3 Å². The van der Waals surface area contributed by atoms with Gasteiger partial charge in [0.2, 0.25) is 10.0 Å². The number of urea groups is 1. The molecule has 36 heavy (non-hydrogen) atoms. The molecule has 1 heterocycles. The molecule has 2 aromatic carbocycles. The van der Waals surface area contributed by atoms with E-state index < -0.39 is 45.8 Å². The molecule has 0 aromatic heterocycles. The molecule has 2 N–H and O–H groups in total. The van der Waals surface area contributed by atoms with Gasteiger partial charge < -0.3 is 20.1 Å². The Balaban J connectivity index is 1.94. The quantitative estimate of drug-likeness (QED) is 0.598. The van der Waals surface area contributed by atoms with Gasteiger partial charge in [0.25, 0.3) is 0 Å². The summed E-state index contributed by atoms with van der Waals surface area (Å²) in [7, 11) is -2.51. The number of allylic oxidation sites excluding steroid dienone is 1. The van der Waals surface area contributed by atoms with Gasteiger partial charge in [-0.15, -0.1) is 0 Å². The number of benzene rings is 2. The first-order valence-corrected chi connectivity index (χ1v) is 12.9. The fourth-order valence-electron chi connectivity index (χ4n) is 3.91. The molecule has 0 aliphatic carbocycles. The third-order valence-corrected chi connectivity index (χ3v) is 8.04. The second-order valence-corrected chi connectivity index (χ2v) is 10.7. The van der Waals surface area contributed by atoms with Crippen LogP contribution in [0.25, 0.3) is 6.08 Å². The number of rotatable bonds is 6. The van der Waals surface area contributed by atoms with Crippen molar-refractivity contribution in [2.75, 3.05) is 32.1 Å². The fraction of sp³-hybridized carbons (Fsp3) is 0.400. The molecule has 8 nitrogen and oxygen atoms in total. The molecule has 0 unspecified atom stereocenters. The largest absolute Gasteiger partial charge is 0.487 e. The van der Waals surface area contributed by atoms with Gasteiger partial charge in [0.05, 0.1) is 18.8 Å². The van der Waals surface area contributed by atoms with Crippen molar-refractivity contribution in [3.63, 3.8) is 0 Å². The maximum Gasteiger partial charge on any atom is 0.321 e. The lowest BCUT2D eigenvalue weighted by Crippen LogP contribution is -2.50. The average Bonchev–Trinajstić information content (AvgIpc) is 2.83. The molecule has 2 amide bonds. The lowest BCUT2D eigenvalue weighted by atomic mass is 10.0. The van der Waals surface area contributed by atoms with Crippen LogP contribution in [0.5, 0.6) is 5.75 Å². The molecule has 0 saturated heterocycles. The van der Waals surface area contributed by atoms with E-state index in [1.165, 1.54) is 22.3 Å². The molecule has 2 aromatic rings. The van der Waals surface area contributed by atoms with Crippen LogP contribution in [0.2, 0.25) is 0 Å². The summed E-state index contributed by atoms with van der Waals surface area (Å²) in [6, 6.07) is 6.12. The minimum absolute atomic E-state index is 0.0264. The number of hydrogen-bond acceptors (Lipinski definition) is 5. The summed E-state index contributed by atoms with van der Waals surface area (Å²) in [6.45, 7) is 4.93. The minimum Gasteiger partial charge on any atom is -0.487 e. The van der Waals surface area contributed by atoms with Crippen LogP contribution in [-0.2, 0) is 10.0 Å². The third-order valence-electron chi connectivity index (χ3n) is 6.02. The van der Waals surface area contributed by atoms with Gasteiger partial charge in [0.15, 0.2) is 0 Å². The fourth-order valence-corrected chi connectivity index (χ4v) is 5.74. The second kappa shape index (κ2) is 11.4. The molecular weight excluding hydrogens is 492 g/mol. The molecule has 0 fully saturated rings. The number of likely N-dealkylation sites (N-methyl/N-ethyl adjacent to an activating group) is 1. The van der Waals surface area contributed by atoms with E-state index in [2.05, 4.69) is 5.32 Å². The van der Waals surface area contributed by atoms with Crippen molar-refractivity contribution in [2.45, 2.75) is 37.8 Å². The van der Waals surface area contributed by atoms with Crippen molar-refractivity contribution in [3.8, 4) is 5.75 Å². The zero-order chi connectivity index (χ0) is 26.6. The van der Waals surface area contributed by atoms with Crippen LogP contribution in [0.15, 0.2) is 47.4 Å². The Morgan fingerprint density at radius 2 is 2.03 bits per heavy atom. The Morgan fingerprint density at radius 3 is 2.69 bits per heavy atom. The number of sulfonamides is 1. The highest BCUT2D eigenvalue weighted by atomic mass is 32.2. The predicted octanol–water partition coefficient (Wildman–Crippen LogP) is 3.93. The summed E-state index contributed by atoms with van der Waals surface area (Å²) in [5.41, 5.74) is 0.432. The Hall–Kier alpha value is -3.02. The van der Waals surface area contributed by atoms with Gasteiger partial charge in [-0.05, 0) is 43.7 Å². The van der Waals surface area contributed by atoms with Crippen LogP contribution in [0.1, 0.15) is 26.3 Å². The maximum atomic E-state index is 14.0. The van der Waals surface area contributed by atoms with Gasteiger partial charge in [-0.1, -0.05) is 25.1 Å². The summed E-state index contributed by atoms with van der Waals surface area (Å²) in [6.07, 6.45) is 2.96. The lowest BCUT2D eigenvalue weighted by Gasteiger charge is -2.37. The SMILES string of the molecule is C/C=C/c1ccc2c(c1)O[C@@H](CN(C)C(=O)Nc1cc(F)ccc1F)[C@H](C)CN([C@H](C)CO)S2(=O)=O. The van der Waals surface area contributed by atoms with Gasteiger partial charge in [-0.3, -0.25) is 0 Å². The van der Waals surface area contributed by atoms with Gasteiger partial charge >= 0.3 is 6.03 Å². The van der Waals surface area contributed by atoms with E-state index in [4.69, 9.17) is 4.74 Å². The molecule has 0 saturated carbocycles. The second-order valence-electron chi connectivity index (χ2n) is 8.88. The monoisotopic (exact) mass is 523 g/mol. The molecule has 1 aliphatic rings. The van der Waals surface area contributed by atoms with E-state index in [1.54, 1.807) is 32.1 Å². The lowest BCUT2D eigenvalue weighted by molar-refractivity contribution is 0.0830. The van der Waals surface area contributed by atoms with Gasteiger partial charge in [-0.2, -0.15) is 4.31 Å². The maximum absolute atomic E-state index is 14.0. The minimum atomic E-state index is -3.98. The molecule has 0 spiro atoms. The Kier molecular flexibility index (Phi) is 8.70. The van der Waals surface area contributed by atoms with E-state index in [0.29, 0.717) is 0 Å². The van der Waals surface area contributed by atoms with E-state index in [0.717, 1.165) is 23.8 Å². The number of carbonyl (C=O) groups excluding carboxylic acids is 1. The predicted molar refractivity (Wildman–Crippen MR) is 133 cm³/mol. The molecule has 0 bridgehead atoms. The number of nitrogens with zero attached hydrogens (tertiary/aromatic N) is 2. The van der Waals surface area contributed by atoms with Crippen LogP contribution in [0.3, 0.4) is 0 Å². The van der Waals surface area contributed by atoms with E-state index in [-0.39, 0.29) is 36.0 Å². The van der Waals surface area contributed by atoms with Crippen LogP contribution in [0, 0.1) is 17.6 Å². The van der Waals surface area contributed by atoms with Crippen molar-refractivity contribution in [3.05, 3.63) is 59.7 Å². The average molecular weight is 524 g/mol. The molecule has 3 rings (SSSR count). The topological polar surface area (TPSA) is 99.2 Å². The van der Waals surface area contributed by atoms with Gasteiger partial charge in [0, 0.05) is 31.6 Å². The molecule has 196 valence electrons. The number of carbonyl (C=O) groups is 1. The number of amides is 2. The third kappa shape index (κ3) is 6.03. The zero-order valence-corrected chi connectivity index (χ0v) is 21.4. The van der Waals surface area contributed by atoms with Gasteiger partial charge in [-0.25, -0.2) is 22.0 Å². The Morgan fingerprint density at radius 1 is 1.31 bits per heavy atom. The van der Waals surface area contributed by atoms with Crippen LogP contribution in [-0.4, -0.2) is 67.7 Å². The summed E-state index contributed by atoms with van der Waals surface area (Å²) in [5.74, 6) is -1.74. The van der Waals surface area contributed by atoms with Crippen molar-refractivity contribution < 1.29 is 31.8 Å². The van der Waals surface area contributed by atoms with E-state index in [1.807, 2.05) is 13.0 Å². The Bertz CT molecular complexity index is 1240. The normalized spacial score (nSPS) is 20.6. The zero-order valence-electron chi connectivity index (χ0n) is 20.6. The number of halogens is 2. The van der Waals surface area contributed by atoms with Crippen molar-refractivity contribution in [1.29, 1.82) is 0 Å². The highest BCUT2D eigenvalue weighted by Gasteiger charge is 2.38. The standard InChI is InChI=1S/C25H31F2N3O5S/c1-5-6-18-7-10-24-22(11-18)35-23(16(2)13-30(17(3)15-31)36(24,33)34)14-29(4)25(32)28-21-12-19(26)8-9-20(21)27/h5-12,16-17,23,31H,13-15H2,1-4H3,(H,28,32)/b6-5+/t16-,17-,23+/m1/s1.